The molecule has 210 valence electrons. The lowest BCUT2D eigenvalue weighted by molar-refractivity contribution is -0.150. The molecule has 5 nitrogen and oxygen atoms in total. The number of esters is 1. The normalized spacial score (nSPS) is 13.2. The first-order chi connectivity index (χ1) is 17.5. The second-order valence-corrected chi connectivity index (χ2v) is 11.8. The Morgan fingerprint density at radius 1 is 0.833 bits per heavy atom. The molecule has 0 aromatic heterocycles. The van der Waals surface area contributed by atoms with E-state index in [1.54, 1.807) is 0 Å². The SMILES string of the molecule is [B]PSOCC(COCCC(CCCCCCC)OC(=O)CCCCCCCCCCC)N=C(C)C. The van der Waals surface area contributed by atoms with Crippen LogP contribution in [-0.2, 0) is 18.5 Å². The lowest BCUT2D eigenvalue weighted by Crippen LogP contribution is -2.23. The molecule has 0 spiro atoms. The molecule has 0 aliphatic rings. The molecule has 0 aliphatic carbocycles. The number of hydrogen-bond acceptors (Lipinski definition) is 6. The van der Waals surface area contributed by atoms with E-state index in [1.165, 1.54) is 82.3 Å². The highest BCUT2D eigenvalue weighted by Gasteiger charge is 2.15. The van der Waals surface area contributed by atoms with Crippen LogP contribution in [0.1, 0.15) is 137 Å². The minimum atomic E-state index is -0.0576. The molecule has 0 saturated heterocycles. The number of aliphatic imine (C=N–C) groups is 1. The summed E-state index contributed by atoms with van der Waals surface area (Å²) in [6.07, 6.45) is 19.5. The first-order valence-electron chi connectivity index (χ1n) is 14.6. The summed E-state index contributed by atoms with van der Waals surface area (Å²) in [5.74, 6) is -0.0476. The Hall–Kier alpha value is -0.0951. The van der Waals surface area contributed by atoms with E-state index in [4.69, 9.17) is 21.2 Å². The Bertz CT molecular complexity index is 524. The summed E-state index contributed by atoms with van der Waals surface area (Å²) in [6, 6.07) is -0.0412. The van der Waals surface area contributed by atoms with Gasteiger partial charge in [0.05, 0.1) is 25.9 Å². The Morgan fingerprint density at radius 2 is 1.42 bits per heavy atom. The molecule has 0 aliphatic heterocycles. The predicted molar refractivity (Wildman–Crippen MR) is 161 cm³/mol. The number of ether oxygens (including phenoxy) is 2. The van der Waals surface area contributed by atoms with Crippen molar-refractivity contribution in [2.45, 2.75) is 149 Å². The van der Waals surface area contributed by atoms with Gasteiger partial charge in [0, 0.05) is 30.2 Å². The fourth-order valence-electron chi connectivity index (χ4n) is 4.13. The second kappa shape index (κ2) is 27.9. The maximum absolute atomic E-state index is 12.5. The highest BCUT2D eigenvalue weighted by Crippen LogP contribution is 2.24. The zero-order valence-corrected chi connectivity index (χ0v) is 25.7. The van der Waals surface area contributed by atoms with Crippen molar-refractivity contribution in [3.05, 3.63) is 0 Å². The van der Waals surface area contributed by atoms with Crippen molar-refractivity contribution in [3.8, 4) is 0 Å². The summed E-state index contributed by atoms with van der Waals surface area (Å²) in [5.41, 5.74) is 1.00. The Morgan fingerprint density at radius 3 is 2.00 bits per heavy atom. The van der Waals surface area contributed by atoms with Crippen LogP contribution in [0.2, 0.25) is 0 Å². The van der Waals surface area contributed by atoms with Crippen LogP contribution in [0.5, 0.6) is 0 Å². The van der Waals surface area contributed by atoms with Gasteiger partial charge in [-0.1, -0.05) is 98.6 Å². The van der Waals surface area contributed by atoms with Crippen molar-refractivity contribution in [2.24, 2.45) is 4.99 Å². The lowest BCUT2D eigenvalue weighted by Gasteiger charge is -2.19. The van der Waals surface area contributed by atoms with Crippen LogP contribution in [0, 0.1) is 0 Å². The standard InChI is InChI=1S/C28H55BNO4PS/c1-5-7-9-11-12-13-14-16-18-20-28(31)34-27(19-17-15-10-8-6-2)21-22-32-23-26(30-25(3)4)24-33-36-35-29/h26-27,35H,5-24H2,1-4H3. The number of hydrogen-bond donors (Lipinski definition) is 0. The number of carbonyl (C=O) groups excluding carboxylic acids is 1. The van der Waals surface area contributed by atoms with Gasteiger partial charge in [-0.15, -0.1) is 0 Å². The van der Waals surface area contributed by atoms with Gasteiger partial charge in [0.1, 0.15) is 13.7 Å². The molecular weight excluding hydrogens is 488 g/mol. The van der Waals surface area contributed by atoms with Crippen molar-refractivity contribution in [2.75, 3.05) is 19.8 Å². The van der Waals surface area contributed by atoms with Crippen molar-refractivity contribution >= 4 is 38.6 Å². The van der Waals surface area contributed by atoms with E-state index >= 15 is 0 Å². The summed E-state index contributed by atoms with van der Waals surface area (Å²) in [4.78, 5) is 17.1. The molecule has 3 atom stereocenters. The van der Waals surface area contributed by atoms with Crippen LogP contribution < -0.4 is 0 Å². The molecule has 0 fully saturated rings. The summed E-state index contributed by atoms with van der Waals surface area (Å²) < 4.78 is 17.3. The summed E-state index contributed by atoms with van der Waals surface area (Å²) in [6.45, 7) is 9.98. The van der Waals surface area contributed by atoms with E-state index in [0.29, 0.717) is 26.2 Å². The molecular formula is C28H55BNO4PS. The predicted octanol–water partition coefficient (Wildman–Crippen LogP) is 8.78. The molecule has 0 bridgehead atoms. The van der Waals surface area contributed by atoms with Gasteiger partial charge >= 0.3 is 5.97 Å². The van der Waals surface area contributed by atoms with Crippen molar-refractivity contribution in [1.82, 2.24) is 0 Å². The molecule has 0 aromatic carbocycles. The quantitative estimate of drug-likeness (QED) is 0.0259. The van der Waals surface area contributed by atoms with E-state index in [-0.39, 0.29) is 25.8 Å². The first-order valence-corrected chi connectivity index (χ1v) is 17.1. The van der Waals surface area contributed by atoms with Gasteiger partial charge in [0.2, 0.25) is 0 Å². The van der Waals surface area contributed by atoms with Crippen molar-refractivity contribution in [3.63, 3.8) is 0 Å². The van der Waals surface area contributed by atoms with E-state index < -0.39 is 0 Å². The molecule has 0 rings (SSSR count). The van der Waals surface area contributed by atoms with Crippen LogP contribution in [0.3, 0.4) is 0 Å². The van der Waals surface area contributed by atoms with Gasteiger partial charge in [0.15, 0.2) is 0 Å². The summed E-state index contributed by atoms with van der Waals surface area (Å²) in [7, 11) is 5.71. The van der Waals surface area contributed by atoms with Crippen LogP contribution in [-0.4, -0.2) is 51.2 Å². The van der Waals surface area contributed by atoms with Gasteiger partial charge in [-0.25, -0.2) is 0 Å². The fourth-order valence-corrected chi connectivity index (χ4v) is 4.83. The van der Waals surface area contributed by atoms with Crippen LogP contribution in [0.25, 0.3) is 0 Å². The fraction of sp³-hybridized carbons (Fsp3) is 0.929. The average Bonchev–Trinajstić information content (AvgIpc) is 2.84. The average molecular weight is 544 g/mol. The molecule has 0 saturated carbocycles. The highest BCUT2D eigenvalue weighted by atomic mass is 32.7. The highest BCUT2D eigenvalue weighted by molar-refractivity contribution is 8.53. The van der Waals surface area contributed by atoms with Crippen LogP contribution in [0.15, 0.2) is 4.99 Å². The van der Waals surface area contributed by atoms with Crippen LogP contribution in [0.4, 0.5) is 0 Å². The Balaban J connectivity index is 4.32. The minimum absolute atomic E-state index is 0.0412. The third-order valence-electron chi connectivity index (χ3n) is 6.11. The van der Waals surface area contributed by atoms with Gasteiger partial charge in [-0.3, -0.25) is 9.79 Å². The lowest BCUT2D eigenvalue weighted by atomic mass is 10.1. The van der Waals surface area contributed by atoms with E-state index in [9.17, 15) is 4.79 Å². The molecule has 0 aromatic rings. The zero-order chi connectivity index (χ0) is 26.7. The molecule has 36 heavy (non-hydrogen) atoms. The number of rotatable bonds is 27. The number of nitrogens with zero attached hydrogens (tertiary/aromatic N) is 1. The Kier molecular flexibility index (Phi) is 27.9. The molecule has 0 heterocycles. The van der Waals surface area contributed by atoms with Gasteiger partial charge in [0.25, 0.3) is 0 Å². The summed E-state index contributed by atoms with van der Waals surface area (Å²) in [5, 5.41) is 0. The van der Waals surface area contributed by atoms with Crippen molar-refractivity contribution < 1.29 is 18.5 Å². The molecule has 2 radical (unpaired) electrons. The minimum Gasteiger partial charge on any atom is -0.462 e. The largest absolute Gasteiger partial charge is 0.462 e. The van der Waals surface area contributed by atoms with E-state index in [2.05, 4.69) is 18.8 Å². The molecule has 3 unspecified atom stereocenters. The third kappa shape index (κ3) is 25.6. The zero-order valence-electron chi connectivity index (χ0n) is 23.9. The molecule has 0 N–H and O–H groups in total. The smallest absolute Gasteiger partial charge is 0.306 e. The molecule has 8 heteroatoms. The van der Waals surface area contributed by atoms with E-state index in [1.807, 2.05) is 13.8 Å². The topological polar surface area (TPSA) is 57.1 Å². The van der Waals surface area contributed by atoms with Gasteiger partial charge in [-0.05, 0) is 33.1 Å². The summed E-state index contributed by atoms with van der Waals surface area (Å²) >= 11 is 1.27. The van der Waals surface area contributed by atoms with E-state index in [0.717, 1.165) is 37.8 Å². The maximum atomic E-state index is 12.5. The number of unbranched alkanes of at least 4 members (excludes halogenated alkanes) is 12. The van der Waals surface area contributed by atoms with Crippen molar-refractivity contribution in [1.29, 1.82) is 0 Å². The second-order valence-electron chi connectivity index (χ2n) is 9.97. The first kappa shape index (κ1) is 35.9. The Labute approximate surface area is 230 Å². The monoisotopic (exact) mass is 543 g/mol. The maximum Gasteiger partial charge on any atom is 0.306 e. The van der Waals surface area contributed by atoms with Gasteiger partial charge in [-0.2, -0.15) is 0 Å². The van der Waals surface area contributed by atoms with Gasteiger partial charge < -0.3 is 13.7 Å². The number of carbonyl (C=O) groups is 1. The third-order valence-corrected chi connectivity index (χ3v) is 7.11. The molecule has 0 amide bonds. The van der Waals surface area contributed by atoms with Crippen LogP contribution >= 0.6 is 19.3 Å².